The number of nitrogens with one attached hydrogen (secondary N) is 1. The number of esters is 1. The van der Waals surface area contributed by atoms with E-state index in [4.69, 9.17) is 16.3 Å². The van der Waals surface area contributed by atoms with Gasteiger partial charge >= 0.3 is 5.97 Å². The number of anilines is 1. The van der Waals surface area contributed by atoms with Crippen LogP contribution in [0.4, 0.5) is 10.1 Å². The summed E-state index contributed by atoms with van der Waals surface area (Å²) in [4.78, 5) is 13.7. The molecular weight excluding hydrogens is 375 g/mol. The van der Waals surface area contributed by atoms with Crippen LogP contribution in [0.25, 0.3) is 0 Å². The molecule has 10 heteroatoms. The van der Waals surface area contributed by atoms with Gasteiger partial charge in [-0.2, -0.15) is 8.42 Å². The third-order valence-corrected chi connectivity index (χ3v) is 5.24. The first kappa shape index (κ1) is 19.4. The van der Waals surface area contributed by atoms with Gasteiger partial charge in [0.15, 0.2) is 0 Å². The van der Waals surface area contributed by atoms with Gasteiger partial charge in [-0.1, -0.05) is 11.6 Å². The lowest BCUT2D eigenvalue weighted by Gasteiger charge is -2.33. The molecule has 25 heavy (non-hydrogen) atoms. The first-order valence-electron chi connectivity index (χ1n) is 7.20. The van der Waals surface area contributed by atoms with E-state index in [2.05, 4.69) is 10.3 Å². The van der Waals surface area contributed by atoms with Gasteiger partial charge in [0.1, 0.15) is 5.82 Å². The van der Waals surface area contributed by atoms with Gasteiger partial charge in [0.05, 0.1) is 12.3 Å². The molecule has 1 aliphatic rings. The second-order valence-electron chi connectivity index (χ2n) is 5.26. The fraction of sp³-hybridized carbons (Fsp3) is 0.333. The summed E-state index contributed by atoms with van der Waals surface area (Å²) in [6.07, 6.45) is 2.38. The summed E-state index contributed by atoms with van der Waals surface area (Å²) in [5.74, 6) is -1.55. The molecular formula is C15H16ClFN2O5S. The predicted octanol–water partition coefficient (Wildman–Crippen LogP) is 2.27. The maximum absolute atomic E-state index is 13.2. The van der Waals surface area contributed by atoms with Crippen molar-refractivity contribution < 1.29 is 26.9 Å². The molecule has 2 atom stereocenters. The number of benzene rings is 1. The predicted molar refractivity (Wildman–Crippen MR) is 91.9 cm³/mol. The highest BCUT2D eigenvalue weighted by molar-refractivity contribution is 7.86. The van der Waals surface area contributed by atoms with E-state index in [1.807, 2.05) is 0 Å². The Labute approximate surface area is 149 Å². The summed E-state index contributed by atoms with van der Waals surface area (Å²) < 4.78 is 50.9. The quantitative estimate of drug-likeness (QED) is 0.454. The number of ether oxygens (including phenoxy) is 1. The second-order valence-corrected chi connectivity index (χ2v) is 7.33. The highest BCUT2D eigenvalue weighted by atomic mass is 35.5. The van der Waals surface area contributed by atoms with Crippen molar-refractivity contribution in [1.29, 1.82) is 0 Å². The third kappa shape index (κ3) is 3.83. The third-order valence-electron chi connectivity index (χ3n) is 3.51. The molecule has 0 aromatic heterocycles. The Bertz CT molecular complexity index is 855. The number of hydrogen-bond donors (Lipinski definition) is 2. The minimum Gasteiger partial charge on any atom is -0.464 e. The number of alkyl halides is 1. The van der Waals surface area contributed by atoms with Crippen LogP contribution in [0, 0.1) is 12.7 Å². The molecule has 0 fully saturated rings. The summed E-state index contributed by atoms with van der Waals surface area (Å²) in [6, 6.07) is 3.84. The molecule has 1 heterocycles. The molecule has 2 rings (SSSR count). The van der Waals surface area contributed by atoms with Crippen molar-refractivity contribution in [2.75, 3.05) is 11.9 Å². The lowest BCUT2D eigenvalue weighted by molar-refractivity contribution is -0.145. The van der Waals surface area contributed by atoms with Gasteiger partial charge in [-0.15, -0.1) is 0 Å². The van der Waals surface area contributed by atoms with Gasteiger partial charge in [0.25, 0.3) is 10.1 Å². The minimum absolute atomic E-state index is 0.0575. The van der Waals surface area contributed by atoms with Crippen molar-refractivity contribution >= 4 is 39.6 Å². The van der Waals surface area contributed by atoms with Gasteiger partial charge in [-0.05, 0) is 43.7 Å². The summed E-state index contributed by atoms with van der Waals surface area (Å²) >= 11 is 6.32. The Morgan fingerprint density at radius 1 is 1.52 bits per heavy atom. The molecule has 0 spiro atoms. The maximum atomic E-state index is 13.2. The number of halogens is 2. The molecule has 1 aromatic rings. The zero-order chi connectivity index (χ0) is 18.8. The van der Waals surface area contributed by atoms with E-state index in [1.165, 1.54) is 31.2 Å². The van der Waals surface area contributed by atoms with Crippen LogP contribution < -0.4 is 5.32 Å². The first-order valence-corrected chi connectivity index (χ1v) is 9.08. The van der Waals surface area contributed by atoms with Crippen LogP contribution in [-0.2, 0) is 19.6 Å². The van der Waals surface area contributed by atoms with Gasteiger partial charge in [-0.25, -0.2) is 9.18 Å². The molecule has 7 nitrogen and oxygen atoms in total. The lowest BCUT2D eigenvalue weighted by atomic mass is 10.0. The molecule has 0 bridgehead atoms. The van der Waals surface area contributed by atoms with E-state index in [0.29, 0.717) is 11.3 Å². The molecule has 1 aromatic carbocycles. The van der Waals surface area contributed by atoms with Crippen molar-refractivity contribution in [3.63, 3.8) is 0 Å². The molecule has 0 amide bonds. The van der Waals surface area contributed by atoms with E-state index in [1.54, 1.807) is 6.92 Å². The average Bonchev–Trinajstić information content (AvgIpc) is 2.50. The van der Waals surface area contributed by atoms with Crippen LogP contribution in [0.5, 0.6) is 0 Å². The Balaban J connectivity index is 2.51. The van der Waals surface area contributed by atoms with Crippen LogP contribution in [0.3, 0.4) is 0 Å². The van der Waals surface area contributed by atoms with Crippen molar-refractivity contribution in [2.45, 2.75) is 24.1 Å². The van der Waals surface area contributed by atoms with Crippen molar-refractivity contribution in [2.24, 2.45) is 4.99 Å². The van der Waals surface area contributed by atoms with Gasteiger partial charge < -0.3 is 10.1 Å². The first-order chi connectivity index (χ1) is 11.6. The van der Waals surface area contributed by atoms with E-state index in [0.717, 1.165) is 6.21 Å². The zero-order valence-corrected chi connectivity index (χ0v) is 14.9. The molecule has 136 valence electrons. The number of carbonyl (C=O) groups excluding carboxylic acids is 1. The fourth-order valence-electron chi connectivity index (χ4n) is 2.33. The zero-order valence-electron chi connectivity index (χ0n) is 13.4. The summed E-state index contributed by atoms with van der Waals surface area (Å²) in [7, 11) is -4.81. The number of carbonyl (C=O) groups is 1. The Kier molecular flexibility index (Phi) is 5.50. The molecule has 1 aliphatic heterocycles. The smallest absolute Gasteiger partial charge is 0.336 e. The highest BCUT2D eigenvalue weighted by Gasteiger charge is 2.56. The maximum Gasteiger partial charge on any atom is 0.336 e. The standard InChI is InChI=1S/C15H16ClFN2O5S/c1-3-24-14(20)15(16)12(6-7-18-13(15)25(21,22)23)19-11-5-4-10(17)8-9(11)2/h4-8,13,19H,3H2,1-2H3,(H,21,22,23). The van der Waals surface area contributed by atoms with Crippen molar-refractivity contribution in [3.8, 4) is 0 Å². The van der Waals surface area contributed by atoms with Gasteiger partial charge in [0, 0.05) is 11.9 Å². The van der Waals surface area contributed by atoms with E-state index >= 15 is 0 Å². The lowest BCUT2D eigenvalue weighted by Crippen LogP contribution is -2.53. The molecule has 0 aliphatic carbocycles. The molecule has 2 N–H and O–H groups in total. The molecule has 0 saturated carbocycles. The Morgan fingerprint density at radius 2 is 2.20 bits per heavy atom. The van der Waals surface area contributed by atoms with Crippen LogP contribution >= 0.6 is 11.6 Å². The summed E-state index contributed by atoms with van der Waals surface area (Å²) in [6.45, 7) is 3.08. The number of rotatable bonds is 5. The number of nitrogens with zero attached hydrogens (tertiary/aromatic N) is 1. The van der Waals surface area contributed by atoms with E-state index in [-0.39, 0.29) is 12.3 Å². The van der Waals surface area contributed by atoms with Crippen molar-refractivity contribution in [3.05, 3.63) is 41.4 Å². The SMILES string of the molecule is CCOC(=O)C1(Cl)C(Nc2ccc(F)cc2C)=CC=NC1S(=O)(=O)O. The van der Waals surface area contributed by atoms with Gasteiger partial charge in [0.2, 0.25) is 10.2 Å². The van der Waals surface area contributed by atoms with Crippen molar-refractivity contribution in [1.82, 2.24) is 0 Å². The van der Waals surface area contributed by atoms with E-state index < -0.39 is 32.2 Å². The fourth-order valence-corrected chi connectivity index (χ4v) is 3.74. The van der Waals surface area contributed by atoms with Crippen LogP contribution in [0.15, 0.2) is 35.0 Å². The number of aryl methyl sites for hydroxylation is 1. The van der Waals surface area contributed by atoms with Crippen LogP contribution in [0.1, 0.15) is 12.5 Å². The number of allylic oxidation sites excluding steroid dienone is 1. The summed E-state index contributed by atoms with van der Waals surface area (Å²) in [5, 5.41) is 0.812. The minimum atomic E-state index is -4.81. The number of dihydropyridines is 1. The molecule has 0 radical (unpaired) electrons. The summed E-state index contributed by atoms with van der Waals surface area (Å²) in [5.41, 5.74) is 0.820. The number of hydrogen-bond acceptors (Lipinski definition) is 6. The Hall–Kier alpha value is -1.97. The number of aliphatic imine (C=N–C) groups is 1. The normalized spacial score (nSPS) is 23.1. The van der Waals surface area contributed by atoms with Gasteiger partial charge in [-0.3, -0.25) is 9.55 Å². The monoisotopic (exact) mass is 390 g/mol. The molecule has 0 saturated heterocycles. The largest absolute Gasteiger partial charge is 0.464 e. The average molecular weight is 391 g/mol. The van der Waals surface area contributed by atoms with Crippen LogP contribution in [-0.4, -0.2) is 42.0 Å². The molecule has 2 unspecified atom stereocenters. The van der Waals surface area contributed by atoms with Crippen LogP contribution in [0.2, 0.25) is 0 Å². The highest BCUT2D eigenvalue weighted by Crippen LogP contribution is 2.38. The van der Waals surface area contributed by atoms with E-state index in [9.17, 15) is 22.2 Å². The topological polar surface area (TPSA) is 105 Å². The Morgan fingerprint density at radius 3 is 2.76 bits per heavy atom. The second kappa shape index (κ2) is 7.11.